The molecule has 0 unspecified atom stereocenters. The number of hydrogen-bond donors (Lipinski definition) is 1. The van der Waals surface area contributed by atoms with Gasteiger partial charge in [0.05, 0.1) is 14.2 Å². The predicted molar refractivity (Wildman–Crippen MR) is 76.6 cm³/mol. The molecule has 1 aromatic carbocycles. The zero-order valence-electron chi connectivity index (χ0n) is 12.1. The van der Waals surface area contributed by atoms with Crippen LogP contribution in [-0.4, -0.2) is 37.7 Å². The second-order valence-electron chi connectivity index (χ2n) is 5.45. The Balaban J connectivity index is 1.94. The molecule has 1 aliphatic rings. The lowest BCUT2D eigenvalue weighted by Gasteiger charge is -2.48. The number of methoxy groups -OCH3 is 2. The molecule has 106 valence electrons. The van der Waals surface area contributed by atoms with E-state index in [1.165, 1.54) is 5.56 Å². The molecule has 0 aliphatic carbocycles. The summed E-state index contributed by atoms with van der Waals surface area (Å²) in [6.45, 7) is 5.07. The molecule has 1 aromatic rings. The van der Waals surface area contributed by atoms with Crippen LogP contribution in [0.25, 0.3) is 0 Å². The maximum Gasteiger partial charge on any atom is 0.161 e. The van der Waals surface area contributed by atoms with Crippen LogP contribution in [0.2, 0.25) is 0 Å². The number of benzene rings is 1. The summed E-state index contributed by atoms with van der Waals surface area (Å²) in [6.07, 6.45) is 2.26. The Hall–Kier alpha value is -1.26. The van der Waals surface area contributed by atoms with Crippen molar-refractivity contribution in [3.05, 3.63) is 23.8 Å². The summed E-state index contributed by atoms with van der Waals surface area (Å²) in [4.78, 5) is 2.37. The largest absolute Gasteiger partial charge is 0.493 e. The fourth-order valence-electron chi connectivity index (χ4n) is 2.85. The van der Waals surface area contributed by atoms with Crippen LogP contribution in [0, 0.1) is 0 Å². The first-order valence-electron chi connectivity index (χ1n) is 6.82. The van der Waals surface area contributed by atoms with Crippen molar-refractivity contribution in [1.29, 1.82) is 0 Å². The Bertz CT molecular complexity index is 428. The molecule has 0 saturated carbocycles. The molecular formula is C15H24N2O2. The third-order valence-electron chi connectivity index (χ3n) is 3.68. The van der Waals surface area contributed by atoms with Gasteiger partial charge in [-0.05, 0) is 24.1 Å². The van der Waals surface area contributed by atoms with E-state index in [0.29, 0.717) is 0 Å². The highest BCUT2D eigenvalue weighted by molar-refractivity contribution is 5.42. The average molecular weight is 264 g/mol. The van der Waals surface area contributed by atoms with E-state index in [1.54, 1.807) is 14.2 Å². The van der Waals surface area contributed by atoms with Crippen LogP contribution in [0.3, 0.4) is 0 Å². The lowest BCUT2D eigenvalue weighted by atomic mass is 9.86. The fraction of sp³-hybridized carbons (Fsp3) is 0.600. The molecule has 0 atom stereocenters. The van der Waals surface area contributed by atoms with E-state index in [1.807, 2.05) is 12.1 Å². The highest BCUT2D eigenvalue weighted by Gasteiger charge is 2.38. The van der Waals surface area contributed by atoms with Gasteiger partial charge in [0.1, 0.15) is 0 Å². The number of nitrogens with two attached hydrogens (primary N) is 1. The van der Waals surface area contributed by atoms with E-state index in [4.69, 9.17) is 15.2 Å². The summed E-state index contributed by atoms with van der Waals surface area (Å²) >= 11 is 0. The van der Waals surface area contributed by atoms with Crippen molar-refractivity contribution in [2.24, 2.45) is 5.73 Å². The van der Waals surface area contributed by atoms with Crippen LogP contribution < -0.4 is 15.2 Å². The van der Waals surface area contributed by atoms with Gasteiger partial charge in [-0.15, -0.1) is 0 Å². The first kappa shape index (κ1) is 14.2. The van der Waals surface area contributed by atoms with Crippen molar-refractivity contribution in [2.75, 3.05) is 27.3 Å². The van der Waals surface area contributed by atoms with Gasteiger partial charge in [-0.2, -0.15) is 0 Å². The first-order chi connectivity index (χ1) is 9.10. The molecule has 0 aromatic heterocycles. The summed E-state index contributed by atoms with van der Waals surface area (Å²) in [5, 5.41) is 0. The molecule has 19 heavy (non-hydrogen) atoms. The Morgan fingerprint density at radius 2 is 1.89 bits per heavy atom. The van der Waals surface area contributed by atoms with E-state index < -0.39 is 0 Å². The molecular weight excluding hydrogens is 240 g/mol. The summed E-state index contributed by atoms with van der Waals surface area (Å²) < 4.78 is 10.6. The molecule has 2 rings (SSSR count). The van der Waals surface area contributed by atoms with Crippen molar-refractivity contribution in [3.8, 4) is 11.5 Å². The molecule has 0 spiro atoms. The van der Waals surface area contributed by atoms with E-state index in [2.05, 4.69) is 17.9 Å². The average Bonchev–Trinajstić information content (AvgIpc) is 2.37. The Labute approximate surface area is 115 Å². The number of rotatable bonds is 6. The summed E-state index contributed by atoms with van der Waals surface area (Å²) in [5.41, 5.74) is 7.54. The molecule has 0 radical (unpaired) electrons. The maximum atomic E-state index is 6.27. The van der Waals surface area contributed by atoms with Gasteiger partial charge >= 0.3 is 0 Å². The van der Waals surface area contributed by atoms with Crippen LogP contribution in [0.4, 0.5) is 0 Å². The van der Waals surface area contributed by atoms with Gasteiger partial charge < -0.3 is 15.2 Å². The lowest BCUT2D eigenvalue weighted by molar-refractivity contribution is 0.0567. The van der Waals surface area contributed by atoms with Crippen LogP contribution in [0.1, 0.15) is 25.3 Å². The number of hydrogen-bond acceptors (Lipinski definition) is 4. The minimum absolute atomic E-state index is 0.0330. The molecule has 4 heteroatoms. The van der Waals surface area contributed by atoms with Crippen LogP contribution >= 0.6 is 0 Å². The third kappa shape index (κ3) is 3.19. The summed E-state index contributed by atoms with van der Waals surface area (Å²) in [6, 6.07) is 6.07. The lowest BCUT2D eigenvalue weighted by Crippen LogP contribution is -2.66. The fourth-order valence-corrected chi connectivity index (χ4v) is 2.85. The molecule has 0 bridgehead atoms. The maximum absolute atomic E-state index is 6.27. The van der Waals surface area contributed by atoms with Gasteiger partial charge in [0.25, 0.3) is 0 Å². The molecule has 2 N–H and O–H groups in total. The Morgan fingerprint density at radius 3 is 2.47 bits per heavy atom. The van der Waals surface area contributed by atoms with Crippen molar-refractivity contribution < 1.29 is 9.47 Å². The SMILES string of the molecule is CCCC1(N)CN(Cc2ccc(OC)c(OC)c2)C1. The topological polar surface area (TPSA) is 47.7 Å². The quantitative estimate of drug-likeness (QED) is 0.854. The molecule has 4 nitrogen and oxygen atoms in total. The summed E-state index contributed by atoms with van der Waals surface area (Å²) in [7, 11) is 3.32. The van der Waals surface area contributed by atoms with Crippen molar-refractivity contribution in [2.45, 2.75) is 31.8 Å². The Morgan fingerprint density at radius 1 is 1.21 bits per heavy atom. The number of likely N-dealkylation sites (tertiary alicyclic amines) is 1. The number of nitrogens with zero attached hydrogens (tertiary/aromatic N) is 1. The van der Waals surface area contributed by atoms with Gasteiger partial charge in [-0.1, -0.05) is 19.4 Å². The van der Waals surface area contributed by atoms with Gasteiger partial charge in [-0.25, -0.2) is 0 Å². The second-order valence-corrected chi connectivity index (χ2v) is 5.45. The molecule has 0 amide bonds. The van der Waals surface area contributed by atoms with Gasteiger partial charge in [-0.3, -0.25) is 4.90 Å². The van der Waals surface area contributed by atoms with E-state index >= 15 is 0 Å². The van der Waals surface area contributed by atoms with Gasteiger partial charge in [0.2, 0.25) is 0 Å². The zero-order valence-corrected chi connectivity index (χ0v) is 12.1. The number of ether oxygens (including phenoxy) is 2. The predicted octanol–water partition coefficient (Wildman–Crippen LogP) is 2.02. The van der Waals surface area contributed by atoms with E-state index in [-0.39, 0.29) is 5.54 Å². The highest BCUT2D eigenvalue weighted by atomic mass is 16.5. The molecule has 1 fully saturated rings. The third-order valence-corrected chi connectivity index (χ3v) is 3.68. The van der Waals surface area contributed by atoms with E-state index in [9.17, 15) is 0 Å². The zero-order chi connectivity index (χ0) is 13.9. The minimum atomic E-state index is 0.0330. The van der Waals surface area contributed by atoms with Crippen molar-refractivity contribution in [3.63, 3.8) is 0 Å². The summed E-state index contributed by atoms with van der Waals surface area (Å²) in [5.74, 6) is 1.56. The molecule has 1 aliphatic heterocycles. The standard InChI is InChI=1S/C15H24N2O2/c1-4-7-15(16)10-17(11-15)9-12-5-6-13(18-2)14(8-12)19-3/h5-6,8H,4,7,9-11,16H2,1-3H3. The van der Waals surface area contributed by atoms with Crippen LogP contribution in [0.15, 0.2) is 18.2 Å². The smallest absolute Gasteiger partial charge is 0.161 e. The van der Waals surface area contributed by atoms with Crippen LogP contribution in [-0.2, 0) is 6.54 Å². The van der Waals surface area contributed by atoms with Crippen LogP contribution in [0.5, 0.6) is 11.5 Å². The highest BCUT2D eigenvalue weighted by Crippen LogP contribution is 2.30. The van der Waals surface area contributed by atoms with Crippen molar-refractivity contribution in [1.82, 2.24) is 4.90 Å². The monoisotopic (exact) mass is 264 g/mol. The molecule has 1 heterocycles. The molecule has 1 saturated heterocycles. The first-order valence-corrected chi connectivity index (χ1v) is 6.82. The van der Waals surface area contributed by atoms with Gasteiger partial charge in [0.15, 0.2) is 11.5 Å². The minimum Gasteiger partial charge on any atom is -0.493 e. The van der Waals surface area contributed by atoms with Gasteiger partial charge in [0, 0.05) is 25.2 Å². The van der Waals surface area contributed by atoms with E-state index in [0.717, 1.165) is 44.0 Å². The Kier molecular flexibility index (Phi) is 4.32. The normalized spacial score (nSPS) is 17.9. The second kappa shape index (κ2) is 5.80. The van der Waals surface area contributed by atoms with Crippen molar-refractivity contribution >= 4 is 0 Å².